The molecule has 2 aromatic heterocycles. The van der Waals surface area contributed by atoms with Gasteiger partial charge in [0.05, 0.1) is 17.3 Å². The summed E-state index contributed by atoms with van der Waals surface area (Å²) in [6.07, 6.45) is 2.79. The molecule has 27 heavy (non-hydrogen) atoms. The Labute approximate surface area is 170 Å². The molecular formula is C19H27ClN6S. The van der Waals surface area contributed by atoms with Crippen LogP contribution >= 0.6 is 22.9 Å². The molecule has 0 saturated carbocycles. The van der Waals surface area contributed by atoms with Crippen LogP contribution in [0, 0.1) is 0 Å². The Morgan fingerprint density at radius 3 is 2.93 bits per heavy atom. The fraction of sp³-hybridized carbons (Fsp3) is 0.526. The van der Waals surface area contributed by atoms with Gasteiger partial charge in [-0.25, -0.2) is 9.97 Å². The number of thiazole rings is 1. The third-order valence-corrected chi connectivity index (χ3v) is 5.66. The lowest BCUT2D eigenvalue weighted by atomic mass is 9.93. The van der Waals surface area contributed by atoms with Gasteiger partial charge in [-0.05, 0) is 18.6 Å². The number of aliphatic imine (C=N–C) groups is 1. The molecule has 0 aromatic carbocycles. The molecule has 0 spiro atoms. The fourth-order valence-corrected chi connectivity index (χ4v) is 4.17. The molecule has 146 valence electrons. The monoisotopic (exact) mass is 406 g/mol. The summed E-state index contributed by atoms with van der Waals surface area (Å²) < 4.78 is 0. The predicted octanol–water partition coefficient (Wildman–Crippen LogP) is 3.43. The first-order chi connectivity index (χ1) is 12.9. The molecule has 1 saturated heterocycles. The van der Waals surface area contributed by atoms with E-state index in [-0.39, 0.29) is 5.41 Å². The zero-order valence-electron chi connectivity index (χ0n) is 16.3. The van der Waals surface area contributed by atoms with E-state index in [0.717, 1.165) is 42.0 Å². The Hall–Kier alpha value is -1.86. The number of guanidine groups is 1. The number of rotatable bonds is 4. The standard InChI is InChI=1S/C19H27ClN6S/c1-19(2,3)15-12-27-16(25-15)10-23-18(21-4)24-13-7-9-26(11-13)17-14(20)6-5-8-22-17/h5-6,8,12-13H,7,9-11H2,1-4H3,(H2,21,23,24). The normalized spacial score (nSPS) is 18.0. The van der Waals surface area contributed by atoms with E-state index in [1.165, 1.54) is 0 Å². The van der Waals surface area contributed by atoms with Crippen LogP contribution in [0.1, 0.15) is 37.9 Å². The number of nitrogens with one attached hydrogen (secondary N) is 2. The van der Waals surface area contributed by atoms with E-state index in [2.05, 4.69) is 51.7 Å². The molecule has 2 N–H and O–H groups in total. The minimum absolute atomic E-state index is 0.0781. The topological polar surface area (TPSA) is 65.4 Å². The van der Waals surface area contributed by atoms with E-state index < -0.39 is 0 Å². The van der Waals surface area contributed by atoms with Crippen LogP contribution in [0.15, 0.2) is 28.7 Å². The van der Waals surface area contributed by atoms with Crippen molar-refractivity contribution in [2.75, 3.05) is 25.0 Å². The minimum Gasteiger partial charge on any atom is -0.353 e. The van der Waals surface area contributed by atoms with Crippen molar-refractivity contribution in [2.45, 2.75) is 45.2 Å². The second-order valence-electron chi connectivity index (χ2n) is 7.69. The van der Waals surface area contributed by atoms with Gasteiger partial charge in [-0.3, -0.25) is 4.99 Å². The van der Waals surface area contributed by atoms with E-state index in [4.69, 9.17) is 16.6 Å². The third kappa shape index (κ3) is 5.11. The van der Waals surface area contributed by atoms with Crippen LogP contribution in [0.2, 0.25) is 5.02 Å². The van der Waals surface area contributed by atoms with E-state index in [9.17, 15) is 0 Å². The SMILES string of the molecule is CN=C(NCc1nc(C(C)(C)C)cs1)NC1CCN(c2ncccc2Cl)C1. The summed E-state index contributed by atoms with van der Waals surface area (Å²) in [6.45, 7) is 8.98. The predicted molar refractivity (Wildman–Crippen MR) is 114 cm³/mol. The van der Waals surface area contributed by atoms with Crippen molar-refractivity contribution in [3.63, 3.8) is 0 Å². The molecule has 2 aromatic rings. The summed E-state index contributed by atoms with van der Waals surface area (Å²) in [5.41, 5.74) is 1.21. The molecular weight excluding hydrogens is 380 g/mol. The fourth-order valence-electron chi connectivity index (χ4n) is 2.96. The first-order valence-electron chi connectivity index (χ1n) is 9.14. The van der Waals surface area contributed by atoms with Gasteiger partial charge in [-0.1, -0.05) is 32.4 Å². The van der Waals surface area contributed by atoms with Gasteiger partial charge in [0.2, 0.25) is 0 Å². The van der Waals surface area contributed by atoms with Gasteiger partial charge in [0, 0.05) is 43.2 Å². The zero-order valence-corrected chi connectivity index (χ0v) is 17.9. The lowest BCUT2D eigenvalue weighted by molar-refractivity contribution is 0.570. The first kappa shape index (κ1) is 19.9. The number of halogens is 1. The molecule has 1 aliphatic rings. The van der Waals surface area contributed by atoms with Gasteiger partial charge in [0.15, 0.2) is 5.96 Å². The molecule has 0 radical (unpaired) electrons. The van der Waals surface area contributed by atoms with Crippen molar-refractivity contribution in [1.29, 1.82) is 0 Å². The molecule has 3 rings (SSSR count). The van der Waals surface area contributed by atoms with Crippen molar-refractivity contribution in [2.24, 2.45) is 4.99 Å². The average Bonchev–Trinajstić information content (AvgIpc) is 3.28. The maximum atomic E-state index is 6.27. The lowest BCUT2D eigenvalue weighted by Gasteiger charge is -2.20. The van der Waals surface area contributed by atoms with Gasteiger partial charge < -0.3 is 15.5 Å². The largest absolute Gasteiger partial charge is 0.353 e. The highest BCUT2D eigenvalue weighted by molar-refractivity contribution is 7.09. The van der Waals surface area contributed by atoms with Crippen LogP contribution in [0.3, 0.4) is 0 Å². The van der Waals surface area contributed by atoms with E-state index in [1.807, 2.05) is 12.1 Å². The third-order valence-electron chi connectivity index (χ3n) is 4.52. The van der Waals surface area contributed by atoms with Gasteiger partial charge in [-0.2, -0.15) is 0 Å². The number of aromatic nitrogens is 2. The molecule has 3 heterocycles. The summed E-state index contributed by atoms with van der Waals surface area (Å²) in [4.78, 5) is 15.7. The van der Waals surface area contributed by atoms with E-state index in [1.54, 1.807) is 24.6 Å². The van der Waals surface area contributed by atoms with Crippen LogP contribution in [0.25, 0.3) is 0 Å². The van der Waals surface area contributed by atoms with Crippen LogP contribution in [-0.2, 0) is 12.0 Å². The van der Waals surface area contributed by atoms with Crippen LogP contribution < -0.4 is 15.5 Å². The van der Waals surface area contributed by atoms with Gasteiger partial charge in [0.25, 0.3) is 0 Å². The molecule has 0 aliphatic carbocycles. The first-order valence-corrected chi connectivity index (χ1v) is 10.4. The van der Waals surface area contributed by atoms with E-state index in [0.29, 0.717) is 17.6 Å². The van der Waals surface area contributed by atoms with Crippen LogP contribution in [0.5, 0.6) is 0 Å². The number of nitrogens with zero attached hydrogens (tertiary/aromatic N) is 4. The highest BCUT2D eigenvalue weighted by Crippen LogP contribution is 2.26. The van der Waals surface area contributed by atoms with Crippen LogP contribution in [-0.4, -0.2) is 42.1 Å². The van der Waals surface area contributed by atoms with Gasteiger partial charge >= 0.3 is 0 Å². The second-order valence-corrected chi connectivity index (χ2v) is 9.04. The Kier molecular flexibility index (Phi) is 6.22. The smallest absolute Gasteiger partial charge is 0.191 e. The molecule has 1 unspecified atom stereocenters. The summed E-state index contributed by atoms with van der Waals surface area (Å²) in [5.74, 6) is 1.64. The van der Waals surface area contributed by atoms with Crippen molar-refractivity contribution < 1.29 is 0 Å². The maximum Gasteiger partial charge on any atom is 0.191 e. The number of hydrogen-bond donors (Lipinski definition) is 2. The molecule has 6 nitrogen and oxygen atoms in total. The highest BCUT2D eigenvalue weighted by Gasteiger charge is 2.25. The van der Waals surface area contributed by atoms with Crippen LogP contribution in [0.4, 0.5) is 5.82 Å². The van der Waals surface area contributed by atoms with Crippen molar-refractivity contribution in [3.05, 3.63) is 39.4 Å². The molecule has 8 heteroatoms. The highest BCUT2D eigenvalue weighted by atomic mass is 35.5. The summed E-state index contributed by atoms with van der Waals surface area (Å²) in [5, 5.41) is 10.8. The average molecular weight is 407 g/mol. The van der Waals surface area contributed by atoms with Crippen molar-refractivity contribution in [3.8, 4) is 0 Å². The Morgan fingerprint density at radius 2 is 2.26 bits per heavy atom. The number of hydrogen-bond acceptors (Lipinski definition) is 5. The molecule has 1 fully saturated rings. The summed E-state index contributed by atoms with van der Waals surface area (Å²) >= 11 is 7.95. The lowest BCUT2D eigenvalue weighted by Crippen LogP contribution is -2.44. The van der Waals surface area contributed by atoms with Gasteiger partial charge in [0.1, 0.15) is 10.8 Å². The quantitative estimate of drug-likeness (QED) is 0.601. The molecule has 0 bridgehead atoms. The minimum atomic E-state index is 0.0781. The number of pyridine rings is 1. The van der Waals surface area contributed by atoms with Crippen molar-refractivity contribution >= 4 is 34.7 Å². The Morgan fingerprint density at radius 1 is 1.44 bits per heavy atom. The molecule has 0 amide bonds. The maximum absolute atomic E-state index is 6.27. The van der Waals surface area contributed by atoms with Gasteiger partial charge in [-0.15, -0.1) is 11.3 Å². The second kappa shape index (κ2) is 8.44. The Balaban J connectivity index is 1.52. The number of anilines is 1. The zero-order chi connectivity index (χ0) is 19.4. The molecule has 1 atom stereocenters. The molecule has 1 aliphatic heterocycles. The van der Waals surface area contributed by atoms with Crippen molar-refractivity contribution in [1.82, 2.24) is 20.6 Å². The van der Waals surface area contributed by atoms with E-state index >= 15 is 0 Å². The summed E-state index contributed by atoms with van der Waals surface area (Å²) in [7, 11) is 1.79. The summed E-state index contributed by atoms with van der Waals surface area (Å²) in [6, 6.07) is 4.04. The Bertz CT molecular complexity index is 797.